The molecule has 0 aliphatic rings. The van der Waals surface area contributed by atoms with Gasteiger partial charge in [0.1, 0.15) is 17.3 Å². The van der Waals surface area contributed by atoms with Crippen molar-refractivity contribution in [3.8, 4) is 0 Å². The number of benzene rings is 1. The van der Waals surface area contributed by atoms with Gasteiger partial charge in [-0.2, -0.15) is 0 Å². The molecule has 1 N–H and O–H groups in total. The molecular weight excluding hydrogens is 233 g/mol. The van der Waals surface area contributed by atoms with Crippen LogP contribution in [-0.4, -0.2) is 5.91 Å². The molecule has 0 unspecified atom stereocenters. The number of halogens is 1. The summed E-state index contributed by atoms with van der Waals surface area (Å²) in [6.07, 6.45) is 0. The first kappa shape index (κ1) is 12.4. The highest BCUT2D eigenvalue weighted by atomic mass is 19.1. The Morgan fingerprint density at radius 3 is 2.44 bits per heavy atom. The molecule has 1 amide bonds. The monoisotopic (exact) mass is 247 g/mol. The molecule has 4 heteroatoms. The lowest BCUT2D eigenvalue weighted by atomic mass is 10.2. The molecule has 3 nitrogen and oxygen atoms in total. The third-order valence-corrected chi connectivity index (χ3v) is 2.64. The second-order valence-corrected chi connectivity index (χ2v) is 4.15. The molecule has 0 saturated carbocycles. The predicted octanol–water partition coefficient (Wildman–Crippen LogP) is 3.22. The van der Waals surface area contributed by atoms with Crippen LogP contribution in [0.1, 0.15) is 34.8 Å². The largest absolute Gasteiger partial charge is 0.464 e. The third kappa shape index (κ3) is 2.77. The van der Waals surface area contributed by atoms with Crippen LogP contribution < -0.4 is 5.32 Å². The van der Waals surface area contributed by atoms with Crippen molar-refractivity contribution in [3.63, 3.8) is 0 Å². The summed E-state index contributed by atoms with van der Waals surface area (Å²) in [6, 6.07) is 8.86. The maximum absolute atomic E-state index is 12.7. The Morgan fingerprint density at radius 1 is 1.22 bits per heavy atom. The van der Waals surface area contributed by atoms with Crippen molar-refractivity contribution in [1.29, 1.82) is 0 Å². The molecule has 1 atom stereocenters. The van der Waals surface area contributed by atoms with Gasteiger partial charge in [-0.3, -0.25) is 4.79 Å². The Morgan fingerprint density at radius 2 is 1.89 bits per heavy atom. The fourth-order valence-corrected chi connectivity index (χ4v) is 1.64. The molecule has 1 aromatic heterocycles. The summed E-state index contributed by atoms with van der Waals surface area (Å²) in [5.41, 5.74) is 0.423. The summed E-state index contributed by atoms with van der Waals surface area (Å²) >= 11 is 0. The lowest BCUT2D eigenvalue weighted by Crippen LogP contribution is -2.26. The molecule has 1 aromatic carbocycles. The van der Waals surface area contributed by atoms with E-state index in [1.165, 1.54) is 24.3 Å². The van der Waals surface area contributed by atoms with Crippen LogP contribution in [0.3, 0.4) is 0 Å². The lowest BCUT2D eigenvalue weighted by Gasteiger charge is -2.11. The fourth-order valence-electron chi connectivity index (χ4n) is 1.64. The molecule has 18 heavy (non-hydrogen) atoms. The number of carbonyl (C=O) groups is 1. The van der Waals surface area contributed by atoms with Crippen molar-refractivity contribution in [2.24, 2.45) is 0 Å². The highest BCUT2D eigenvalue weighted by molar-refractivity contribution is 5.94. The van der Waals surface area contributed by atoms with Gasteiger partial charge in [0, 0.05) is 5.56 Å². The second kappa shape index (κ2) is 5.04. The number of nitrogens with one attached hydrogen (secondary N) is 1. The minimum Gasteiger partial charge on any atom is -0.464 e. The molecule has 0 bridgehead atoms. The minimum atomic E-state index is -0.360. The van der Waals surface area contributed by atoms with Crippen LogP contribution in [0.5, 0.6) is 0 Å². The summed E-state index contributed by atoms with van der Waals surface area (Å²) in [7, 11) is 0. The first-order valence-electron chi connectivity index (χ1n) is 5.69. The van der Waals surface area contributed by atoms with Gasteiger partial charge in [-0.15, -0.1) is 0 Å². The molecule has 0 fully saturated rings. The summed E-state index contributed by atoms with van der Waals surface area (Å²) < 4.78 is 18.2. The fraction of sp³-hybridized carbons (Fsp3) is 0.214. The Labute approximate surface area is 105 Å². The SMILES string of the molecule is Cc1ccc([C@@H](C)NC(=O)c2ccc(F)cc2)o1. The first-order valence-corrected chi connectivity index (χ1v) is 5.69. The molecule has 2 aromatic rings. The molecule has 0 aliphatic carbocycles. The van der Waals surface area contributed by atoms with Gasteiger partial charge in [-0.25, -0.2) is 4.39 Å². The molecule has 0 saturated heterocycles. The highest BCUT2D eigenvalue weighted by Gasteiger charge is 2.13. The first-order chi connectivity index (χ1) is 8.56. The van der Waals surface area contributed by atoms with E-state index in [0.717, 1.165) is 5.76 Å². The van der Waals surface area contributed by atoms with E-state index in [1.807, 2.05) is 26.0 Å². The van der Waals surface area contributed by atoms with Crippen LogP contribution in [0.15, 0.2) is 40.8 Å². The molecular formula is C14H14FNO2. The maximum atomic E-state index is 12.7. The number of amides is 1. The van der Waals surface area contributed by atoms with E-state index in [0.29, 0.717) is 11.3 Å². The Hall–Kier alpha value is -2.10. The number of carbonyl (C=O) groups excluding carboxylic acids is 1. The second-order valence-electron chi connectivity index (χ2n) is 4.15. The van der Waals surface area contributed by atoms with Crippen molar-refractivity contribution >= 4 is 5.91 Å². The Kier molecular flexibility index (Phi) is 3.46. The quantitative estimate of drug-likeness (QED) is 0.904. The van der Waals surface area contributed by atoms with E-state index in [1.54, 1.807) is 0 Å². The maximum Gasteiger partial charge on any atom is 0.251 e. The Bertz CT molecular complexity index is 545. The molecule has 1 heterocycles. The molecule has 0 radical (unpaired) electrons. The minimum absolute atomic E-state index is 0.226. The topological polar surface area (TPSA) is 42.2 Å². The number of rotatable bonds is 3. The Balaban J connectivity index is 2.05. The summed E-state index contributed by atoms with van der Waals surface area (Å²) in [6.45, 7) is 3.68. The number of hydrogen-bond acceptors (Lipinski definition) is 2. The van der Waals surface area contributed by atoms with E-state index in [4.69, 9.17) is 4.42 Å². The van der Waals surface area contributed by atoms with Gasteiger partial charge in [0.2, 0.25) is 0 Å². The zero-order valence-corrected chi connectivity index (χ0v) is 10.2. The van der Waals surface area contributed by atoms with Gasteiger partial charge in [-0.1, -0.05) is 0 Å². The number of aryl methyl sites for hydroxylation is 1. The van der Waals surface area contributed by atoms with Crippen LogP contribution >= 0.6 is 0 Å². The van der Waals surface area contributed by atoms with E-state index < -0.39 is 0 Å². The number of furan rings is 1. The van der Waals surface area contributed by atoms with Crippen LogP contribution in [0.2, 0.25) is 0 Å². The summed E-state index contributed by atoms with van der Waals surface area (Å²) in [4.78, 5) is 11.9. The van der Waals surface area contributed by atoms with Gasteiger partial charge in [-0.05, 0) is 50.2 Å². The van der Waals surface area contributed by atoms with Gasteiger partial charge in [0.05, 0.1) is 6.04 Å². The standard InChI is InChI=1S/C14H14FNO2/c1-9-3-8-13(18-9)10(2)16-14(17)11-4-6-12(15)7-5-11/h3-8,10H,1-2H3,(H,16,17)/t10-/m1/s1. The van der Waals surface area contributed by atoms with Crippen molar-refractivity contribution in [2.75, 3.05) is 0 Å². The average molecular weight is 247 g/mol. The zero-order valence-electron chi connectivity index (χ0n) is 10.2. The van der Waals surface area contributed by atoms with Gasteiger partial charge in [0.15, 0.2) is 0 Å². The summed E-state index contributed by atoms with van der Waals surface area (Å²) in [5, 5.41) is 2.79. The normalized spacial score (nSPS) is 12.2. The number of hydrogen-bond donors (Lipinski definition) is 1. The molecule has 0 aliphatic heterocycles. The zero-order chi connectivity index (χ0) is 13.1. The van der Waals surface area contributed by atoms with Crippen LogP contribution in [0.4, 0.5) is 4.39 Å². The molecule has 2 rings (SSSR count). The van der Waals surface area contributed by atoms with E-state index in [9.17, 15) is 9.18 Å². The van der Waals surface area contributed by atoms with Crippen molar-refractivity contribution in [1.82, 2.24) is 5.32 Å². The van der Waals surface area contributed by atoms with E-state index >= 15 is 0 Å². The van der Waals surface area contributed by atoms with Crippen molar-refractivity contribution < 1.29 is 13.6 Å². The molecule has 0 spiro atoms. The smallest absolute Gasteiger partial charge is 0.251 e. The third-order valence-electron chi connectivity index (χ3n) is 2.64. The van der Waals surface area contributed by atoms with E-state index in [-0.39, 0.29) is 17.8 Å². The molecule has 94 valence electrons. The average Bonchev–Trinajstić information content (AvgIpc) is 2.76. The lowest BCUT2D eigenvalue weighted by molar-refractivity contribution is 0.0935. The van der Waals surface area contributed by atoms with Crippen LogP contribution in [0, 0.1) is 12.7 Å². The summed E-state index contributed by atoms with van der Waals surface area (Å²) in [5.74, 6) is 0.883. The van der Waals surface area contributed by atoms with Gasteiger partial charge in [0.25, 0.3) is 5.91 Å². The van der Waals surface area contributed by atoms with Crippen LogP contribution in [0.25, 0.3) is 0 Å². The van der Waals surface area contributed by atoms with Crippen molar-refractivity contribution in [3.05, 3.63) is 59.3 Å². The van der Waals surface area contributed by atoms with Gasteiger partial charge < -0.3 is 9.73 Å². The predicted molar refractivity (Wildman–Crippen MR) is 65.7 cm³/mol. The van der Waals surface area contributed by atoms with E-state index in [2.05, 4.69) is 5.32 Å². The van der Waals surface area contributed by atoms with Crippen molar-refractivity contribution in [2.45, 2.75) is 19.9 Å². The highest BCUT2D eigenvalue weighted by Crippen LogP contribution is 2.16. The van der Waals surface area contributed by atoms with Crippen LogP contribution in [-0.2, 0) is 0 Å². The van der Waals surface area contributed by atoms with Gasteiger partial charge >= 0.3 is 0 Å².